The van der Waals surface area contributed by atoms with Crippen LogP contribution in [0.1, 0.15) is 14.5 Å². The van der Waals surface area contributed by atoms with Crippen molar-refractivity contribution in [2.24, 2.45) is 0 Å². The lowest BCUT2D eigenvalue weighted by atomic mass is 10.3. The Balaban J connectivity index is 2.41. The molecule has 0 saturated carbocycles. The predicted octanol–water partition coefficient (Wildman–Crippen LogP) is 5.17. The van der Waals surface area contributed by atoms with E-state index in [0.717, 1.165) is 21.6 Å². The van der Waals surface area contributed by atoms with Crippen molar-refractivity contribution >= 4 is 82.9 Å². The molecule has 1 nitrogen and oxygen atoms in total. The minimum Gasteiger partial charge on any atom is -0.287 e. The molecule has 2 aromatic heterocycles. The predicted molar refractivity (Wildman–Crippen MR) is 80.2 cm³/mol. The second-order valence-corrected chi connectivity index (χ2v) is 7.96. The van der Waals surface area contributed by atoms with E-state index >= 15 is 0 Å². The molecule has 0 N–H and O–H groups in total. The second-order valence-electron chi connectivity index (χ2n) is 2.66. The van der Waals surface area contributed by atoms with Gasteiger partial charge >= 0.3 is 0 Å². The summed E-state index contributed by atoms with van der Waals surface area (Å²) in [6.45, 7) is 0. The Bertz CT molecular complexity index is 498. The maximum absolute atomic E-state index is 12.1. The molecule has 0 saturated heterocycles. The zero-order chi connectivity index (χ0) is 11.0. The number of carbonyl (C=O) groups excluding carboxylic acids is 1. The highest BCUT2D eigenvalue weighted by molar-refractivity contribution is 14.1. The van der Waals surface area contributed by atoms with Crippen LogP contribution >= 0.6 is 77.1 Å². The van der Waals surface area contributed by atoms with E-state index in [1.807, 2.05) is 17.5 Å². The molecule has 0 amide bonds. The number of thiophene rings is 2. The summed E-state index contributed by atoms with van der Waals surface area (Å²) < 4.78 is 2.91. The molecule has 6 heteroatoms. The van der Waals surface area contributed by atoms with Crippen molar-refractivity contribution in [3.63, 3.8) is 0 Å². The Morgan fingerprint density at radius 2 is 2.13 bits per heavy atom. The van der Waals surface area contributed by atoms with E-state index in [4.69, 9.17) is 0 Å². The summed E-state index contributed by atoms with van der Waals surface area (Å²) >= 11 is 11.9. The maximum Gasteiger partial charge on any atom is 0.214 e. The van der Waals surface area contributed by atoms with Gasteiger partial charge in [0.25, 0.3) is 0 Å². The van der Waals surface area contributed by atoms with Crippen molar-refractivity contribution < 1.29 is 4.79 Å². The molecule has 0 aromatic carbocycles. The number of hydrogen-bond donors (Lipinski definition) is 0. The molecule has 0 aliphatic carbocycles. The van der Waals surface area contributed by atoms with Gasteiger partial charge in [-0.2, -0.15) is 0 Å². The lowest BCUT2D eigenvalue weighted by molar-refractivity contribution is 0.104. The van der Waals surface area contributed by atoms with Crippen LogP contribution in [0.3, 0.4) is 0 Å². The van der Waals surface area contributed by atoms with Crippen LogP contribution in [-0.2, 0) is 0 Å². The summed E-state index contributed by atoms with van der Waals surface area (Å²) in [5, 5.41) is 1.94. The van der Waals surface area contributed by atoms with Crippen LogP contribution in [0.15, 0.2) is 25.8 Å². The lowest BCUT2D eigenvalue weighted by Crippen LogP contribution is -1.96. The monoisotopic (exact) mass is 476 g/mol. The number of rotatable bonds is 2. The number of ketones is 1. The SMILES string of the molecule is O=C(c1cc(Br)c(Br)s1)c1sccc1I. The summed E-state index contributed by atoms with van der Waals surface area (Å²) in [6, 6.07) is 3.81. The third-order valence-electron chi connectivity index (χ3n) is 1.69. The molecule has 0 atom stereocenters. The average Bonchev–Trinajstić information content (AvgIpc) is 2.74. The first-order valence-electron chi connectivity index (χ1n) is 3.82. The maximum atomic E-state index is 12.1. The van der Waals surface area contributed by atoms with E-state index in [0.29, 0.717) is 0 Å². The Morgan fingerprint density at radius 1 is 1.40 bits per heavy atom. The molecule has 0 bridgehead atoms. The zero-order valence-corrected chi connectivity index (χ0v) is 14.1. The second kappa shape index (κ2) is 4.95. The number of carbonyl (C=O) groups is 1. The fraction of sp³-hybridized carbons (Fsp3) is 0. The first kappa shape index (κ1) is 12.2. The minimum absolute atomic E-state index is 0.103. The van der Waals surface area contributed by atoms with Gasteiger partial charge in [0, 0.05) is 8.04 Å². The lowest BCUT2D eigenvalue weighted by Gasteiger charge is -1.93. The smallest absolute Gasteiger partial charge is 0.214 e. The first-order valence-corrected chi connectivity index (χ1v) is 8.18. The van der Waals surface area contributed by atoms with Crippen molar-refractivity contribution in [1.82, 2.24) is 0 Å². The largest absolute Gasteiger partial charge is 0.287 e. The topological polar surface area (TPSA) is 17.1 Å². The fourth-order valence-corrected chi connectivity index (χ4v) is 4.86. The molecular formula is C9H3Br2IOS2. The summed E-state index contributed by atoms with van der Waals surface area (Å²) in [6.07, 6.45) is 0. The Morgan fingerprint density at radius 3 is 2.60 bits per heavy atom. The van der Waals surface area contributed by atoms with Crippen LogP contribution in [-0.4, -0.2) is 5.78 Å². The van der Waals surface area contributed by atoms with Crippen LogP contribution in [0.5, 0.6) is 0 Å². The van der Waals surface area contributed by atoms with Crippen molar-refractivity contribution in [3.05, 3.63) is 39.1 Å². The van der Waals surface area contributed by atoms with Gasteiger partial charge in [0.15, 0.2) is 0 Å². The Labute approximate surface area is 125 Å². The van der Waals surface area contributed by atoms with E-state index in [-0.39, 0.29) is 5.78 Å². The number of hydrogen-bond acceptors (Lipinski definition) is 3. The standard InChI is InChI=1S/C9H3Br2IOS2/c10-4-3-6(15-9(4)11)7(13)8-5(12)1-2-14-8/h1-3H. The van der Waals surface area contributed by atoms with Gasteiger partial charge in [-0.1, -0.05) is 0 Å². The minimum atomic E-state index is 0.103. The zero-order valence-electron chi connectivity index (χ0n) is 7.09. The molecular weight excluding hydrogens is 475 g/mol. The Hall–Kier alpha value is 0.760. The summed E-state index contributed by atoms with van der Waals surface area (Å²) in [5.74, 6) is 0.103. The van der Waals surface area contributed by atoms with Crippen molar-refractivity contribution in [1.29, 1.82) is 0 Å². The van der Waals surface area contributed by atoms with E-state index in [2.05, 4.69) is 54.5 Å². The van der Waals surface area contributed by atoms with Crippen LogP contribution in [0, 0.1) is 3.57 Å². The van der Waals surface area contributed by atoms with E-state index in [9.17, 15) is 4.79 Å². The van der Waals surface area contributed by atoms with E-state index < -0.39 is 0 Å². The molecule has 15 heavy (non-hydrogen) atoms. The molecule has 0 spiro atoms. The van der Waals surface area contributed by atoms with Crippen LogP contribution < -0.4 is 0 Å². The molecule has 2 heterocycles. The van der Waals surface area contributed by atoms with Crippen molar-refractivity contribution in [2.75, 3.05) is 0 Å². The molecule has 0 radical (unpaired) electrons. The summed E-state index contributed by atoms with van der Waals surface area (Å²) in [4.78, 5) is 13.6. The molecule has 2 aromatic rings. The molecule has 0 unspecified atom stereocenters. The summed E-state index contributed by atoms with van der Waals surface area (Å²) in [5.41, 5.74) is 0. The summed E-state index contributed by atoms with van der Waals surface area (Å²) in [7, 11) is 0. The van der Waals surface area contributed by atoms with Crippen LogP contribution in [0.2, 0.25) is 0 Å². The normalized spacial score (nSPS) is 10.6. The highest BCUT2D eigenvalue weighted by Crippen LogP contribution is 2.34. The highest BCUT2D eigenvalue weighted by atomic mass is 127. The van der Waals surface area contributed by atoms with Crippen LogP contribution in [0.4, 0.5) is 0 Å². The quantitative estimate of drug-likeness (QED) is 0.431. The fourth-order valence-electron chi connectivity index (χ4n) is 1.03. The van der Waals surface area contributed by atoms with Crippen molar-refractivity contribution in [2.45, 2.75) is 0 Å². The van der Waals surface area contributed by atoms with Gasteiger partial charge in [-0.05, 0) is 72.0 Å². The van der Waals surface area contributed by atoms with E-state index in [1.165, 1.54) is 22.7 Å². The van der Waals surface area contributed by atoms with E-state index in [1.54, 1.807) is 0 Å². The Kier molecular flexibility index (Phi) is 4.03. The van der Waals surface area contributed by atoms with Crippen molar-refractivity contribution in [3.8, 4) is 0 Å². The molecule has 78 valence electrons. The molecule has 0 aliphatic heterocycles. The van der Waals surface area contributed by atoms with Gasteiger partial charge in [-0.25, -0.2) is 0 Å². The van der Waals surface area contributed by atoms with Gasteiger partial charge in [-0.15, -0.1) is 22.7 Å². The molecule has 0 fully saturated rings. The molecule has 2 rings (SSSR count). The first-order chi connectivity index (χ1) is 7.09. The highest BCUT2D eigenvalue weighted by Gasteiger charge is 2.17. The van der Waals surface area contributed by atoms with Crippen LogP contribution in [0.25, 0.3) is 0 Å². The molecule has 0 aliphatic rings. The third-order valence-corrected chi connectivity index (χ3v) is 7.13. The number of halogens is 3. The van der Waals surface area contributed by atoms with Gasteiger partial charge in [0.2, 0.25) is 5.78 Å². The van der Waals surface area contributed by atoms with Gasteiger partial charge in [0.1, 0.15) is 0 Å². The third kappa shape index (κ3) is 2.54. The van der Waals surface area contributed by atoms with Gasteiger partial charge in [0.05, 0.1) is 13.5 Å². The average molecular weight is 478 g/mol. The van der Waals surface area contributed by atoms with Gasteiger partial charge in [-0.3, -0.25) is 4.79 Å². The van der Waals surface area contributed by atoms with Gasteiger partial charge < -0.3 is 0 Å².